The van der Waals surface area contributed by atoms with Crippen molar-refractivity contribution in [3.63, 3.8) is 0 Å². The Morgan fingerprint density at radius 3 is 2.40 bits per heavy atom. The molecule has 0 aliphatic heterocycles. The number of halogens is 1. The smallest absolute Gasteiger partial charge is 0.242 e. The highest BCUT2D eigenvalue weighted by Crippen LogP contribution is 2.30. The predicted octanol–water partition coefficient (Wildman–Crippen LogP) is 3.23. The van der Waals surface area contributed by atoms with E-state index in [1.54, 1.807) is 23.9 Å². The van der Waals surface area contributed by atoms with Crippen LogP contribution >= 0.6 is 27.7 Å². The molecule has 0 radical (unpaired) electrons. The Bertz CT molecular complexity index is 549. The first-order chi connectivity index (χ1) is 9.30. The van der Waals surface area contributed by atoms with Crippen molar-refractivity contribution < 1.29 is 8.42 Å². The van der Waals surface area contributed by atoms with Crippen LogP contribution < -0.4 is 10.5 Å². The van der Waals surface area contributed by atoms with Crippen molar-refractivity contribution in [1.29, 1.82) is 0 Å². The first kappa shape index (κ1) is 17.8. The number of rotatable bonds is 7. The lowest BCUT2D eigenvalue weighted by molar-refractivity contribution is 0.522. The van der Waals surface area contributed by atoms with E-state index in [2.05, 4.69) is 34.5 Å². The summed E-state index contributed by atoms with van der Waals surface area (Å²) < 4.78 is 28.1. The number of anilines is 1. The van der Waals surface area contributed by atoms with Crippen molar-refractivity contribution in [2.75, 3.05) is 18.5 Å². The number of hydrogen-bond donors (Lipinski definition) is 2. The molecule has 0 spiro atoms. The lowest BCUT2D eigenvalue weighted by Gasteiger charge is -2.29. The van der Waals surface area contributed by atoms with Crippen molar-refractivity contribution in [2.24, 2.45) is 0 Å². The van der Waals surface area contributed by atoms with Crippen LogP contribution in [-0.2, 0) is 10.0 Å². The van der Waals surface area contributed by atoms with E-state index in [0.29, 0.717) is 6.54 Å². The van der Waals surface area contributed by atoms with Gasteiger partial charge in [-0.15, -0.1) is 0 Å². The molecule has 0 aromatic heterocycles. The maximum atomic E-state index is 12.3. The minimum absolute atomic E-state index is 0.0722. The molecular weight excluding hydrogens is 360 g/mol. The highest BCUT2D eigenvalue weighted by molar-refractivity contribution is 9.10. The largest absolute Gasteiger partial charge is 0.398 e. The average Bonchev–Trinajstić information content (AvgIpc) is 2.40. The van der Waals surface area contributed by atoms with Crippen molar-refractivity contribution in [2.45, 2.75) is 36.3 Å². The van der Waals surface area contributed by atoms with Gasteiger partial charge in [-0.25, -0.2) is 13.1 Å². The van der Waals surface area contributed by atoms with Crippen LogP contribution in [0.5, 0.6) is 0 Å². The molecule has 20 heavy (non-hydrogen) atoms. The quantitative estimate of drug-likeness (QED) is 0.712. The Balaban J connectivity index is 2.96. The number of hydrogen-bond acceptors (Lipinski definition) is 4. The van der Waals surface area contributed by atoms with Crippen molar-refractivity contribution in [3.8, 4) is 0 Å². The maximum absolute atomic E-state index is 12.3. The Hall–Kier alpha value is -0.240. The van der Waals surface area contributed by atoms with Gasteiger partial charge in [0.1, 0.15) is 4.90 Å². The van der Waals surface area contributed by atoms with Crippen LogP contribution in [-0.4, -0.2) is 26.0 Å². The molecule has 0 unspecified atom stereocenters. The van der Waals surface area contributed by atoms with Gasteiger partial charge in [0, 0.05) is 15.8 Å². The van der Waals surface area contributed by atoms with Gasteiger partial charge in [0.2, 0.25) is 10.0 Å². The predicted molar refractivity (Wildman–Crippen MR) is 90.6 cm³/mol. The standard InChI is InChI=1S/C13H21BrN2O2S2/c1-4-13(5-2,19-3)9-16-20(17,18)12-7-6-10(14)8-11(12)15/h6-8,16H,4-5,9,15H2,1-3H3. The van der Waals surface area contributed by atoms with E-state index in [0.717, 1.165) is 17.3 Å². The second-order valence-corrected chi connectivity index (χ2v) is 8.53. The number of benzene rings is 1. The van der Waals surface area contributed by atoms with E-state index in [-0.39, 0.29) is 15.3 Å². The highest BCUT2D eigenvalue weighted by Gasteiger charge is 2.28. The molecule has 1 aromatic rings. The molecule has 0 saturated carbocycles. The van der Waals surface area contributed by atoms with E-state index in [1.165, 1.54) is 6.07 Å². The third-order valence-electron chi connectivity index (χ3n) is 3.57. The fourth-order valence-corrected chi connectivity index (χ4v) is 4.43. The van der Waals surface area contributed by atoms with E-state index >= 15 is 0 Å². The molecule has 3 N–H and O–H groups in total. The summed E-state index contributed by atoms with van der Waals surface area (Å²) in [6.45, 7) is 4.55. The number of sulfonamides is 1. The van der Waals surface area contributed by atoms with Crippen LogP contribution in [0, 0.1) is 0 Å². The molecular formula is C13H21BrN2O2S2. The zero-order valence-corrected chi connectivity index (χ0v) is 15.2. The maximum Gasteiger partial charge on any atom is 0.242 e. The molecule has 0 saturated heterocycles. The lowest BCUT2D eigenvalue weighted by atomic mass is 10.0. The Morgan fingerprint density at radius 2 is 1.95 bits per heavy atom. The summed E-state index contributed by atoms with van der Waals surface area (Å²) in [5.41, 5.74) is 6.03. The number of nitrogens with two attached hydrogens (primary N) is 1. The fourth-order valence-electron chi connectivity index (χ4n) is 1.93. The molecule has 0 fully saturated rings. The van der Waals surface area contributed by atoms with Gasteiger partial charge >= 0.3 is 0 Å². The molecule has 1 aromatic carbocycles. The monoisotopic (exact) mass is 380 g/mol. The zero-order valence-electron chi connectivity index (χ0n) is 11.9. The molecule has 4 nitrogen and oxygen atoms in total. The third kappa shape index (κ3) is 4.13. The van der Waals surface area contributed by atoms with Crippen molar-refractivity contribution in [3.05, 3.63) is 22.7 Å². The van der Waals surface area contributed by atoms with Gasteiger partial charge < -0.3 is 5.73 Å². The van der Waals surface area contributed by atoms with E-state index in [1.807, 2.05) is 6.26 Å². The summed E-state index contributed by atoms with van der Waals surface area (Å²) >= 11 is 4.96. The molecule has 7 heteroatoms. The molecule has 114 valence electrons. The molecule has 0 heterocycles. The van der Waals surface area contributed by atoms with Gasteiger partial charge in [0.25, 0.3) is 0 Å². The normalized spacial score (nSPS) is 12.6. The summed E-state index contributed by atoms with van der Waals surface area (Å²) in [7, 11) is -3.58. The van der Waals surface area contributed by atoms with Crippen LogP contribution in [0.15, 0.2) is 27.6 Å². The molecule has 0 atom stereocenters. The third-order valence-corrected chi connectivity index (χ3v) is 7.12. The van der Waals surface area contributed by atoms with Crippen molar-refractivity contribution in [1.82, 2.24) is 4.72 Å². The fraction of sp³-hybridized carbons (Fsp3) is 0.538. The van der Waals surface area contributed by atoms with Gasteiger partial charge in [-0.2, -0.15) is 11.8 Å². The molecule has 0 amide bonds. The van der Waals surface area contributed by atoms with Gasteiger partial charge in [0.15, 0.2) is 0 Å². The summed E-state index contributed by atoms with van der Waals surface area (Å²) in [6.07, 6.45) is 3.82. The van der Waals surface area contributed by atoms with Gasteiger partial charge in [-0.3, -0.25) is 0 Å². The minimum Gasteiger partial charge on any atom is -0.398 e. The zero-order chi connectivity index (χ0) is 15.4. The minimum atomic E-state index is -3.58. The Kier molecular flexibility index (Phi) is 6.37. The second-order valence-electron chi connectivity index (χ2n) is 4.60. The van der Waals surface area contributed by atoms with Crippen LogP contribution in [0.1, 0.15) is 26.7 Å². The number of nitrogens with one attached hydrogen (secondary N) is 1. The summed E-state index contributed by atoms with van der Waals surface area (Å²) in [6, 6.07) is 4.78. The van der Waals surface area contributed by atoms with Crippen molar-refractivity contribution >= 4 is 43.4 Å². The van der Waals surface area contributed by atoms with Gasteiger partial charge in [-0.1, -0.05) is 29.8 Å². The Labute approximate surface area is 134 Å². The van der Waals surface area contributed by atoms with E-state index in [4.69, 9.17) is 5.73 Å². The first-order valence-corrected chi connectivity index (χ1v) is 9.90. The van der Waals surface area contributed by atoms with Crippen LogP contribution in [0.3, 0.4) is 0 Å². The van der Waals surface area contributed by atoms with E-state index < -0.39 is 10.0 Å². The molecule has 0 aliphatic rings. The summed E-state index contributed by atoms with van der Waals surface area (Å²) in [5, 5.41) is 0. The van der Waals surface area contributed by atoms with Gasteiger partial charge in [-0.05, 0) is 37.3 Å². The van der Waals surface area contributed by atoms with Crippen LogP contribution in [0.2, 0.25) is 0 Å². The number of nitrogen functional groups attached to an aromatic ring is 1. The topological polar surface area (TPSA) is 72.2 Å². The van der Waals surface area contributed by atoms with Crippen LogP contribution in [0.25, 0.3) is 0 Å². The van der Waals surface area contributed by atoms with E-state index in [9.17, 15) is 8.42 Å². The molecule has 0 aliphatic carbocycles. The second kappa shape index (κ2) is 7.15. The summed E-state index contributed by atoms with van der Waals surface area (Å²) in [5.74, 6) is 0. The van der Waals surface area contributed by atoms with Gasteiger partial charge in [0.05, 0.1) is 5.69 Å². The Morgan fingerprint density at radius 1 is 1.35 bits per heavy atom. The van der Waals surface area contributed by atoms with Crippen LogP contribution in [0.4, 0.5) is 5.69 Å². The highest BCUT2D eigenvalue weighted by atomic mass is 79.9. The SMILES string of the molecule is CCC(CC)(CNS(=O)(=O)c1ccc(Br)cc1N)SC. The number of thioether (sulfide) groups is 1. The average molecular weight is 381 g/mol. The molecule has 1 rings (SSSR count). The molecule has 0 bridgehead atoms. The first-order valence-electron chi connectivity index (χ1n) is 6.40. The summed E-state index contributed by atoms with van der Waals surface area (Å²) in [4.78, 5) is 0.128. The lowest BCUT2D eigenvalue weighted by Crippen LogP contribution is -2.39.